The first-order valence-corrected chi connectivity index (χ1v) is 6.96. The molecular weight excluding hydrogens is 196 g/mol. The number of hydrogen-bond donors (Lipinski definition) is 0. The van der Waals surface area contributed by atoms with Crippen molar-refractivity contribution >= 4 is 0 Å². The van der Waals surface area contributed by atoms with E-state index in [1.807, 2.05) is 0 Å². The zero-order valence-electron chi connectivity index (χ0n) is 11.5. The van der Waals surface area contributed by atoms with Gasteiger partial charge in [0.25, 0.3) is 0 Å². The molecule has 94 valence electrons. The Labute approximate surface area is 101 Å². The van der Waals surface area contributed by atoms with E-state index in [1.54, 1.807) is 0 Å². The molecule has 2 heterocycles. The molecule has 2 atom stereocenters. The van der Waals surface area contributed by atoms with Crippen molar-refractivity contribution in [3.05, 3.63) is 0 Å². The maximum absolute atomic E-state index is 2.64. The van der Waals surface area contributed by atoms with Crippen LogP contribution in [0.4, 0.5) is 0 Å². The van der Waals surface area contributed by atoms with Crippen molar-refractivity contribution in [1.82, 2.24) is 10.0 Å². The van der Waals surface area contributed by atoms with E-state index in [-0.39, 0.29) is 0 Å². The molecular formula is C14H28N2. The zero-order valence-corrected chi connectivity index (χ0v) is 11.5. The fourth-order valence-electron chi connectivity index (χ4n) is 3.49. The first-order valence-electron chi connectivity index (χ1n) is 6.96. The van der Waals surface area contributed by atoms with E-state index in [4.69, 9.17) is 0 Å². The molecule has 0 aromatic carbocycles. The Hall–Kier alpha value is -0.0800. The van der Waals surface area contributed by atoms with Gasteiger partial charge in [-0.05, 0) is 36.5 Å². The lowest BCUT2D eigenvalue weighted by molar-refractivity contribution is -0.103. The van der Waals surface area contributed by atoms with Crippen LogP contribution in [0.5, 0.6) is 0 Å². The molecule has 2 saturated heterocycles. The van der Waals surface area contributed by atoms with Crippen LogP contribution in [0.25, 0.3) is 0 Å². The number of hydrazine groups is 1. The van der Waals surface area contributed by atoms with E-state index in [0.29, 0.717) is 5.41 Å². The van der Waals surface area contributed by atoms with Crippen molar-refractivity contribution in [2.75, 3.05) is 26.2 Å². The highest BCUT2D eigenvalue weighted by Gasteiger charge is 2.32. The minimum atomic E-state index is 0.516. The fourth-order valence-corrected chi connectivity index (χ4v) is 3.49. The minimum Gasteiger partial charge on any atom is -0.241 e. The van der Waals surface area contributed by atoms with Crippen LogP contribution in [0, 0.1) is 17.3 Å². The van der Waals surface area contributed by atoms with Crippen molar-refractivity contribution in [3.8, 4) is 0 Å². The summed E-state index contributed by atoms with van der Waals surface area (Å²) in [6.07, 6.45) is 4.17. The van der Waals surface area contributed by atoms with Gasteiger partial charge in [0, 0.05) is 26.2 Å². The Morgan fingerprint density at radius 3 is 2.19 bits per heavy atom. The molecule has 0 radical (unpaired) electrons. The van der Waals surface area contributed by atoms with Gasteiger partial charge in [0.1, 0.15) is 0 Å². The molecule has 0 aromatic rings. The summed E-state index contributed by atoms with van der Waals surface area (Å²) in [7, 11) is 0. The number of nitrogens with zero attached hydrogens (tertiary/aromatic N) is 2. The standard InChI is InChI=1S/C14H28N2/c1-12-8-13(2)10-16(9-12)15-7-5-6-14(3,4)11-15/h12-13H,5-11H2,1-4H3. The molecule has 2 heteroatoms. The predicted octanol–water partition coefficient (Wildman–Crippen LogP) is 3.00. The van der Waals surface area contributed by atoms with Gasteiger partial charge in [0.05, 0.1) is 0 Å². The third-order valence-electron chi connectivity index (χ3n) is 4.13. The second-order valence-electron chi connectivity index (χ2n) is 6.97. The van der Waals surface area contributed by atoms with E-state index in [0.717, 1.165) is 11.8 Å². The summed E-state index contributed by atoms with van der Waals surface area (Å²) in [4.78, 5) is 0. The summed E-state index contributed by atoms with van der Waals surface area (Å²) in [6.45, 7) is 14.7. The molecule has 16 heavy (non-hydrogen) atoms. The van der Waals surface area contributed by atoms with Gasteiger partial charge >= 0.3 is 0 Å². The van der Waals surface area contributed by atoms with Gasteiger partial charge < -0.3 is 0 Å². The summed E-state index contributed by atoms with van der Waals surface area (Å²) in [5.74, 6) is 1.74. The summed E-state index contributed by atoms with van der Waals surface area (Å²) >= 11 is 0. The van der Waals surface area contributed by atoms with Crippen molar-refractivity contribution in [1.29, 1.82) is 0 Å². The molecule has 0 amide bonds. The lowest BCUT2D eigenvalue weighted by Crippen LogP contribution is -2.54. The molecule has 2 unspecified atom stereocenters. The lowest BCUT2D eigenvalue weighted by atomic mass is 9.84. The molecule has 0 spiro atoms. The Morgan fingerprint density at radius 2 is 1.62 bits per heavy atom. The van der Waals surface area contributed by atoms with Crippen LogP contribution in [0.1, 0.15) is 47.0 Å². The van der Waals surface area contributed by atoms with E-state index in [2.05, 4.69) is 37.7 Å². The van der Waals surface area contributed by atoms with Gasteiger partial charge in [-0.3, -0.25) is 0 Å². The molecule has 0 saturated carbocycles. The maximum Gasteiger partial charge on any atom is 0.0184 e. The minimum absolute atomic E-state index is 0.516. The topological polar surface area (TPSA) is 6.48 Å². The molecule has 0 aromatic heterocycles. The van der Waals surface area contributed by atoms with Crippen LogP contribution >= 0.6 is 0 Å². The van der Waals surface area contributed by atoms with Gasteiger partial charge in [0.15, 0.2) is 0 Å². The van der Waals surface area contributed by atoms with Crippen LogP contribution in [-0.4, -0.2) is 36.2 Å². The van der Waals surface area contributed by atoms with Gasteiger partial charge in [-0.25, -0.2) is 10.0 Å². The molecule has 2 nitrogen and oxygen atoms in total. The summed E-state index contributed by atoms with van der Waals surface area (Å²) in [5.41, 5.74) is 0.516. The van der Waals surface area contributed by atoms with Crippen LogP contribution in [0.15, 0.2) is 0 Å². The molecule has 0 N–H and O–H groups in total. The average Bonchev–Trinajstić information content (AvgIpc) is 2.14. The van der Waals surface area contributed by atoms with Crippen LogP contribution in [-0.2, 0) is 0 Å². The predicted molar refractivity (Wildman–Crippen MR) is 69.1 cm³/mol. The van der Waals surface area contributed by atoms with Crippen molar-refractivity contribution in [2.45, 2.75) is 47.0 Å². The third kappa shape index (κ3) is 2.98. The molecule has 0 bridgehead atoms. The second kappa shape index (κ2) is 4.66. The monoisotopic (exact) mass is 224 g/mol. The van der Waals surface area contributed by atoms with Crippen molar-refractivity contribution in [3.63, 3.8) is 0 Å². The maximum atomic E-state index is 2.64. The first kappa shape index (κ1) is 12.4. The Kier molecular flexibility index (Phi) is 3.60. The van der Waals surface area contributed by atoms with Crippen molar-refractivity contribution < 1.29 is 0 Å². The van der Waals surface area contributed by atoms with Gasteiger partial charge in [0.2, 0.25) is 0 Å². The molecule has 2 aliphatic heterocycles. The van der Waals surface area contributed by atoms with Gasteiger partial charge in [-0.1, -0.05) is 27.7 Å². The highest BCUT2D eigenvalue weighted by Crippen LogP contribution is 2.31. The van der Waals surface area contributed by atoms with Crippen LogP contribution in [0.2, 0.25) is 0 Å². The first-order chi connectivity index (χ1) is 7.46. The van der Waals surface area contributed by atoms with Crippen LogP contribution < -0.4 is 0 Å². The number of piperidine rings is 2. The Balaban J connectivity index is 1.96. The average molecular weight is 224 g/mol. The van der Waals surface area contributed by atoms with E-state index in [1.165, 1.54) is 45.4 Å². The van der Waals surface area contributed by atoms with E-state index < -0.39 is 0 Å². The zero-order chi connectivity index (χ0) is 11.8. The van der Waals surface area contributed by atoms with E-state index in [9.17, 15) is 0 Å². The van der Waals surface area contributed by atoms with Crippen molar-refractivity contribution in [2.24, 2.45) is 17.3 Å². The lowest BCUT2D eigenvalue weighted by Gasteiger charge is -2.47. The molecule has 2 rings (SSSR count). The summed E-state index contributed by atoms with van der Waals surface area (Å²) < 4.78 is 0. The van der Waals surface area contributed by atoms with Crippen LogP contribution in [0.3, 0.4) is 0 Å². The fraction of sp³-hybridized carbons (Fsp3) is 1.00. The molecule has 2 fully saturated rings. The third-order valence-corrected chi connectivity index (χ3v) is 4.13. The Bertz CT molecular complexity index is 227. The SMILES string of the molecule is CC1CC(C)CN(N2CCCC(C)(C)C2)C1. The highest BCUT2D eigenvalue weighted by molar-refractivity contribution is 4.81. The Morgan fingerprint density at radius 1 is 1.00 bits per heavy atom. The quantitative estimate of drug-likeness (QED) is 0.675. The van der Waals surface area contributed by atoms with E-state index >= 15 is 0 Å². The van der Waals surface area contributed by atoms with Gasteiger partial charge in [-0.15, -0.1) is 0 Å². The van der Waals surface area contributed by atoms with Gasteiger partial charge in [-0.2, -0.15) is 0 Å². The summed E-state index contributed by atoms with van der Waals surface area (Å²) in [5, 5.41) is 5.27. The molecule has 2 aliphatic rings. The smallest absolute Gasteiger partial charge is 0.0184 e. The largest absolute Gasteiger partial charge is 0.241 e. The number of hydrogen-bond acceptors (Lipinski definition) is 2. The highest BCUT2D eigenvalue weighted by atomic mass is 15.6. The second-order valence-corrected chi connectivity index (χ2v) is 6.97. The molecule has 0 aliphatic carbocycles. The normalized spacial score (nSPS) is 37.5. The summed E-state index contributed by atoms with van der Waals surface area (Å²) in [6, 6.07) is 0. The number of rotatable bonds is 1.